The molecule has 0 spiro atoms. The molecule has 3 rings (SSSR count). The average Bonchev–Trinajstić information content (AvgIpc) is 2.91. The van der Waals surface area contributed by atoms with Crippen molar-refractivity contribution in [2.24, 2.45) is 0 Å². The van der Waals surface area contributed by atoms with Crippen molar-refractivity contribution >= 4 is 11.8 Å². The number of hydrogen-bond donors (Lipinski definition) is 1. The van der Waals surface area contributed by atoms with Crippen LogP contribution in [-0.2, 0) is 4.74 Å². The van der Waals surface area contributed by atoms with Crippen molar-refractivity contribution in [3.05, 3.63) is 11.3 Å². The first kappa shape index (κ1) is 14.5. The van der Waals surface area contributed by atoms with Crippen LogP contribution in [0.25, 0.3) is 0 Å². The zero-order chi connectivity index (χ0) is 14.8. The maximum absolute atomic E-state index is 9.94. The quantitative estimate of drug-likeness (QED) is 0.873. The summed E-state index contributed by atoms with van der Waals surface area (Å²) in [7, 11) is 0. The van der Waals surface area contributed by atoms with Crippen LogP contribution in [0.15, 0.2) is 0 Å². The molecule has 21 heavy (non-hydrogen) atoms. The molecule has 2 aliphatic heterocycles. The van der Waals surface area contributed by atoms with Gasteiger partial charge in [-0.3, -0.25) is 0 Å². The molecule has 0 radical (unpaired) electrons. The maximum Gasteiger partial charge on any atom is 0.227 e. The zero-order valence-corrected chi connectivity index (χ0v) is 12.9. The Labute approximate surface area is 125 Å². The standard InChI is InChI=1S/C15H24N4O2/c1-11-12(2)16-15(18-5-3-4-6-18)17-14(11)19-7-8-21-10-13(20)9-19/h13,20H,3-10H2,1-2H3/t13-/m1/s1. The van der Waals surface area contributed by atoms with Gasteiger partial charge in [0.25, 0.3) is 0 Å². The number of nitrogens with zero attached hydrogens (tertiary/aromatic N) is 4. The fourth-order valence-electron chi connectivity index (χ4n) is 2.95. The van der Waals surface area contributed by atoms with Gasteiger partial charge in [0.2, 0.25) is 5.95 Å². The highest BCUT2D eigenvalue weighted by atomic mass is 16.5. The first-order valence-electron chi connectivity index (χ1n) is 7.76. The first-order valence-corrected chi connectivity index (χ1v) is 7.76. The van der Waals surface area contributed by atoms with E-state index in [1.807, 2.05) is 6.92 Å². The smallest absolute Gasteiger partial charge is 0.227 e. The first-order chi connectivity index (χ1) is 10.1. The minimum atomic E-state index is -0.461. The van der Waals surface area contributed by atoms with Gasteiger partial charge in [0, 0.05) is 37.4 Å². The highest BCUT2D eigenvalue weighted by molar-refractivity contribution is 5.53. The molecule has 116 valence electrons. The number of β-amino-alcohol motifs (C(OH)–C–C–N with tert-alkyl or cyclic N) is 1. The average molecular weight is 292 g/mol. The molecule has 2 fully saturated rings. The molecule has 6 nitrogen and oxygen atoms in total. The fraction of sp³-hybridized carbons (Fsp3) is 0.733. The number of anilines is 2. The highest BCUT2D eigenvalue weighted by Crippen LogP contribution is 2.25. The summed E-state index contributed by atoms with van der Waals surface area (Å²) in [6.45, 7) is 8.50. The Hall–Kier alpha value is -1.40. The molecule has 0 unspecified atom stereocenters. The van der Waals surface area contributed by atoms with Crippen LogP contribution in [0.1, 0.15) is 24.1 Å². The third-order valence-corrected chi connectivity index (χ3v) is 4.29. The predicted molar refractivity (Wildman–Crippen MR) is 82.0 cm³/mol. The normalized spacial score (nSPS) is 23.5. The van der Waals surface area contributed by atoms with Crippen molar-refractivity contribution in [3.63, 3.8) is 0 Å². The summed E-state index contributed by atoms with van der Waals surface area (Å²) in [5.74, 6) is 1.76. The largest absolute Gasteiger partial charge is 0.389 e. The van der Waals surface area contributed by atoms with Crippen LogP contribution in [0, 0.1) is 13.8 Å². The molecule has 0 aromatic carbocycles. The molecule has 0 amide bonds. The van der Waals surface area contributed by atoms with Gasteiger partial charge in [-0.1, -0.05) is 0 Å². The second-order valence-electron chi connectivity index (χ2n) is 5.93. The summed E-state index contributed by atoms with van der Waals surface area (Å²) >= 11 is 0. The van der Waals surface area contributed by atoms with Gasteiger partial charge in [0.05, 0.1) is 19.3 Å². The Kier molecular flexibility index (Phi) is 4.26. The van der Waals surface area contributed by atoms with Crippen LogP contribution in [0.3, 0.4) is 0 Å². The van der Waals surface area contributed by atoms with Crippen molar-refractivity contribution in [2.45, 2.75) is 32.8 Å². The van der Waals surface area contributed by atoms with Gasteiger partial charge in [-0.05, 0) is 26.7 Å². The third-order valence-electron chi connectivity index (χ3n) is 4.29. The highest BCUT2D eigenvalue weighted by Gasteiger charge is 2.23. The summed E-state index contributed by atoms with van der Waals surface area (Å²) in [5.41, 5.74) is 2.11. The zero-order valence-electron chi connectivity index (χ0n) is 12.9. The van der Waals surface area contributed by atoms with E-state index < -0.39 is 6.10 Å². The van der Waals surface area contributed by atoms with Crippen LogP contribution < -0.4 is 9.80 Å². The minimum Gasteiger partial charge on any atom is -0.389 e. The Bertz CT molecular complexity index is 503. The molecule has 2 saturated heterocycles. The topological polar surface area (TPSA) is 61.7 Å². The fourth-order valence-corrected chi connectivity index (χ4v) is 2.95. The van der Waals surface area contributed by atoms with Crippen LogP contribution >= 0.6 is 0 Å². The van der Waals surface area contributed by atoms with E-state index in [1.54, 1.807) is 0 Å². The Morgan fingerprint density at radius 2 is 1.86 bits per heavy atom. The third kappa shape index (κ3) is 3.11. The van der Waals surface area contributed by atoms with E-state index in [0.717, 1.165) is 42.7 Å². The van der Waals surface area contributed by atoms with Gasteiger partial charge in [-0.2, -0.15) is 4.98 Å². The molecule has 1 aromatic rings. The van der Waals surface area contributed by atoms with Crippen molar-refractivity contribution in [2.75, 3.05) is 49.2 Å². The second-order valence-corrected chi connectivity index (χ2v) is 5.93. The molecule has 0 saturated carbocycles. The Morgan fingerprint density at radius 1 is 1.10 bits per heavy atom. The number of aryl methyl sites for hydroxylation is 1. The number of aliphatic hydroxyl groups excluding tert-OH is 1. The summed E-state index contributed by atoms with van der Waals surface area (Å²) in [5, 5.41) is 9.94. The van der Waals surface area contributed by atoms with Gasteiger partial charge in [-0.25, -0.2) is 4.98 Å². The molecule has 3 heterocycles. The van der Waals surface area contributed by atoms with E-state index in [0.29, 0.717) is 19.8 Å². The van der Waals surface area contributed by atoms with E-state index in [4.69, 9.17) is 9.72 Å². The van der Waals surface area contributed by atoms with Gasteiger partial charge < -0.3 is 19.6 Å². The summed E-state index contributed by atoms with van der Waals surface area (Å²) in [6, 6.07) is 0. The number of aromatic nitrogens is 2. The van der Waals surface area contributed by atoms with Crippen LogP contribution in [-0.4, -0.2) is 60.6 Å². The number of hydrogen-bond acceptors (Lipinski definition) is 6. The van der Waals surface area contributed by atoms with Gasteiger partial charge in [0.15, 0.2) is 0 Å². The van der Waals surface area contributed by atoms with Crippen molar-refractivity contribution < 1.29 is 9.84 Å². The maximum atomic E-state index is 9.94. The lowest BCUT2D eigenvalue weighted by atomic mass is 10.2. The molecule has 1 N–H and O–H groups in total. The molecule has 0 bridgehead atoms. The lowest BCUT2D eigenvalue weighted by molar-refractivity contribution is 0.0597. The summed E-state index contributed by atoms with van der Waals surface area (Å²) < 4.78 is 5.41. The van der Waals surface area contributed by atoms with Crippen LogP contribution in [0.5, 0.6) is 0 Å². The molecule has 1 atom stereocenters. The number of ether oxygens (including phenoxy) is 1. The lowest BCUT2D eigenvalue weighted by Gasteiger charge is -2.26. The molecular weight excluding hydrogens is 268 g/mol. The number of rotatable bonds is 2. The van der Waals surface area contributed by atoms with Gasteiger partial charge in [-0.15, -0.1) is 0 Å². The van der Waals surface area contributed by atoms with Crippen molar-refractivity contribution in [3.8, 4) is 0 Å². The van der Waals surface area contributed by atoms with Crippen LogP contribution in [0.2, 0.25) is 0 Å². The Morgan fingerprint density at radius 3 is 2.62 bits per heavy atom. The monoisotopic (exact) mass is 292 g/mol. The van der Waals surface area contributed by atoms with Gasteiger partial charge >= 0.3 is 0 Å². The minimum absolute atomic E-state index is 0.401. The molecule has 2 aliphatic rings. The summed E-state index contributed by atoms with van der Waals surface area (Å²) in [4.78, 5) is 13.8. The van der Waals surface area contributed by atoms with Crippen molar-refractivity contribution in [1.29, 1.82) is 0 Å². The van der Waals surface area contributed by atoms with E-state index in [9.17, 15) is 5.11 Å². The molecule has 0 aliphatic carbocycles. The second kappa shape index (κ2) is 6.15. The van der Waals surface area contributed by atoms with E-state index >= 15 is 0 Å². The summed E-state index contributed by atoms with van der Waals surface area (Å²) in [6.07, 6.45) is 1.96. The SMILES string of the molecule is Cc1nc(N2CCCC2)nc(N2CCOC[C@H](O)C2)c1C. The van der Waals surface area contributed by atoms with Crippen molar-refractivity contribution in [1.82, 2.24) is 9.97 Å². The van der Waals surface area contributed by atoms with E-state index in [-0.39, 0.29) is 0 Å². The lowest BCUT2D eigenvalue weighted by Crippen LogP contribution is -2.34. The molecular formula is C15H24N4O2. The molecule has 6 heteroatoms. The van der Waals surface area contributed by atoms with E-state index in [2.05, 4.69) is 21.7 Å². The molecule has 1 aromatic heterocycles. The number of aliphatic hydroxyl groups is 1. The van der Waals surface area contributed by atoms with Gasteiger partial charge in [0.1, 0.15) is 5.82 Å². The van der Waals surface area contributed by atoms with Crippen LogP contribution in [0.4, 0.5) is 11.8 Å². The predicted octanol–water partition coefficient (Wildman–Crippen LogP) is 0.891. The Balaban J connectivity index is 1.92. The van der Waals surface area contributed by atoms with E-state index in [1.165, 1.54) is 12.8 Å².